The van der Waals surface area contributed by atoms with Gasteiger partial charge < -0.3 is 9.13 Å². The number of hydrogen-bond donors (Lipinski definition) is 1. The topological polar surface area (TPSA) is 68.9 Å². The minimum absolute atomic E-state index is 0.0275. The van der Waals surface area contributed by atoms with Gasteiger partial charge in [0.2, 0.25) is 10.0 Å². The van der Waals surface area contributed by atoms with Crippen molar-refractivity contribution in [3.05, 3.63) is 102 Å². The van der Waals surface area contributed by atoms with E-state index in [0.717, 1.165) is 12.1 Å². The molecule has 0 radical (unpaired) electrons. The van der Waals surface area contributed by atoms with Crippen LogP contribution in [0, 0.1) is 5.82 Å². The van der Waals surface area contributed by atoms with E-state index in [4.69, 9.17) is 0 Å². The van der Waals surface area contributed by atoms with E-state index in [1.165, 1.54) is 43.7 Å². The van der Waals surface area contributed by atoms with Crippen LogP contribution in [0.15, 0.2) is 90.3 Å². The zero-order valence-corrected chi connectivity index (χ0v) is 20.2. The maximum Gasteiger partial charge on any atom is 0.416 e. The number of hydrogen-bond acceptors (Lipinski definition) is 3. The summed E-state index contributed by atoms with van der Waals surface area (Å²) in [5.41, 5.74) is 1.79. The molecule has 0 unspecified atom stereocenters. The lowest BCUT2D eigenvalue weighted by atomic mass is 10.1. The molecule has 5 aromatic rings. The largest absolute Gasteiger partial charge is 0.416 e. The van der Waals surface area contributed by atoms with Crippen molar-refractivity contribution in [3.63, 3.8) is 0 Å². The summed E-state index contributed by atoms with van der Waals surface area (Å²) in [5, 5.41) is 0.535. The lowest BCUT2D eigenvalue weighted by molar-refractivity contribution is -0.137. The van der Waals surface area contributed by atoms with Gasteiger partial charge in [-0.05, 0) is 55.6 Å². The number of halogens is 4. The van der Waals surface area contributed by atoms with E-state index in [9.17, 15) is 26.0 Å². The fraction of sp³-hybridized carbons (Fsp3) is 0.115. The predicted octanol–water partition coefficient (Wildman–Crippen LogP) is 5.61. The van der Waals surface area contributed by atoms with Crippen LogP contribution in [0.5, 0.6) is 0 Å². The first-order chi connectivity index (χ1) is 17.6. The zero-order chi connectivity index (χ0) is 26.4. The molecule has 0 aliphatic heterocycles. The number of sulfonamides is 1. The Hall–Kier alpha value is -3.96. The fourth-order valence-electron chi connectivity index (χ4n) is 4.13. The van der Waals surface area contributed by atoms with Crippen molar-refractivity contribution in [3.8, 4) is 16.9 Å². The molecule has 0 amide bonds. The molecule has 0 bridgehead atoms. The Bertz CT molecular complexity index is 1710. The van der Waals surface area contributed by atoms with Crippen LogP contribution in [0.4, 0.5) is 17.6 Å². The number of nitrogens with zero attached hydrogens (tertiary/aromatic N) is 3. The van der Waals surface area contributed by atoms with Gasteiger partial charge in [-0.3, -0.25) is 0 Å². The number of rotatable bonds is 6. The number of alkyl halides is 3. The first kappa shape index (κ1) is 24.7. The third kappa shape index (κ3) is 4.75. The van der Waals surface area contributed by atoms with Gasteiger partial charge in [0, 0.05) is 34.6 Å². The van der Waals surface area contributed by atoms with E-state index in [1.807, 2.05) is 0 Å². The Balaban J connectivity index is 1.63. The standard InChI is InChI=1S/C26H20F4N4O2S/c1-31-37(35,36)20-10-11-25-21(12-20)22(14-34(25)19-8-6-18(7-9-19)26(28,29)30)24-15-33(16-32-24)13-17-4-2-3-5-23(17)27/h2-12,14-16,31H,13H2,1H3. The van der Waals surface area contributed by atoms with Crippen molar-refractivity contribution in [2.75, 3.05) is 7.05 Å². The highest BCUT2D eigenvalue weighted by Gasteiger charge is 2.30. The van der Waals surface area contributed by atoms with Gasteiger partial charge in [-0.1, -0.05) is 18.2 Å². The highest BCUT2D eigenvalue weighted by Crippen LogP contribution is 2.35. The van der Waals surface area contributed by atoms with E-state index < -0.39 is 21.8 Å². The zero-order valence-electron chi connectivity index (χ0n) is 19.4. The normalized spacial score (nSPS) is 12.4. The minimum atomic E-state index is -4.47. The lowest BCUT2D eigenvalue weighted by Gasteiger charge is -2.09. The Kier molecular flexibility index (Phi) is 6.12. The van der Waals surface area contributed by atoms with Crippen molar-refractivity contribution in [1.29, 1.82) is 0 Å². The Morgan fingerprint density at radius 3 is 2.38 bits per heavy atom. The first-order valence-electron chi connectivity index (χ1n) is 11.1. The summed E-state index contributed by atoms with van der Waals surface area (Å²) in [4.78, 5) is 4.47. The van der Waals surface area contributed by atoms with E-state index in [-0.39, 0.29) is 17.3 Å². The summed E-state index contributed by atoms with van der Waals surface area (Å²) in [6.07, 6.45) is 0.470. The quantitative estimate of drug-likeness (QED) is 0.292. The van der Waals surface area contributed by atoms with Crippen LogP contribution < -0.4 is 4.72 Å². The molecule has 0 atom stereocenters. The molecule has 0 aliphatic rings. The van der Waals surface area contributed by atoms with Crippen LogP contribution in [0.1, 0.15) is 11.1 Å². The Labute approximate surface area is 209 Å². The van der Waals surface area contributed by atoms with Gasteiger partial charge >= 0.3 is 6.18 Å². The predicted molar refractivity (Wildman–Crippen MR) is 131 cm³/mol. The van der Waals surface area contributed by atoms with Crippen LogP contribution in [-0.4, -0.2) is 29.6 Å². The average Bonchev–Trinajstić information content (AvgIpc) is 3.49. The maximum atomic E-state index is 14.1. The molecule has 1 N–H and O–H groups in total. The number of imidazole rings is 1. The highest BCUT2D eigenvalue weighted by molar-refractivity contribution is 7.89. The van der Waals surface area contributed by atoms with Crippen LogP contribution in [0.3, 0.4) is 0 Å². The van der Waals surface area contributed by atoms with Crippen molar-refractivity contribution in [2.45, 2.75) is 17.6 Å². The van der Waals surface area contributed by atoms with E-state index in [0.29, 0.717) is 33.4 Å². The third-order valence-corrected chi connectivity index (χ3v) is 7.46. The molecule has 37 heavy (non-hydrogen) atoms. The van der Waals surface area contributed by atoms with Gasteiger partial charge in [0.25, 0.3) is 0 Å². The fourth-order valence-corrected chi connectivity index (χ4v) is 4.89. The summed E-state index contributed by atoms with van der Waals surface area (Å²) in [6.45, 7) is 0.233. The summed E-state index contributed by atoms with van der Waals surface area (Å²) in [6, 6.07) is 15.6. The number of nitrogens with one attached hydrogen (secondary N) is 1. The highest BCUT2D eigenvalue weighted by atomic mass is 32.2. The summed E-state index contributed by atoms with van der Waals surface area (Å²) in [5.74, 6) is -0.349. The second-order valence-electron chi connectivity index (χ2n) is 8.37. The third-order valence-electron chi connectivity index (χ3n) is 6.05. The summed E-state index contributed by atoms with van der Waals surface area (Å²) >= 11 is 0. The van der Waals surface area contributed by atoms with Crippen LogP contribution in [0.2, 0.25) is 0 Å². The molecule has 0 saturated heterocycles. The van der Waals surface area contributed by atoms with E-state index in [2.05, 4.69) is 9.71 Å². The number of fused-ring (bicyclic) bond motifs is 1. The molecule has 6 nitrogen and oxygen atoms in total. The van der Waals surface area contributed by atoms with Gasteiger partial charge in [0.15, 0.2) is 0 Å². The van der Waals surface area contributed by atoms with Crippen LogP contribution in [-0.2, 0) is 22.7 Å². The molecule has 2 heterocycles. The summed E-state index contributed by atoms with van der Waals surface area (Å²) < 4.78 is 83.9. The second-order valence-corrected chi connectivity index (χ2v) is 10.3. The first-order valence-corrected chi connectivity index (χ1v) is 12.6. The van der Waals surface area contributed by atoms with Gasteiger partial charge in [-0.25, -0.2) is 22.5 Å². The monoisotopic (exact) mass is 528 g/mol. The SMILES string of the molecule is CNS(=O)(=O)c1ccc2c(c1)c(-c1cn(Cc3ccccc3F)cn1)cn2-c1ccc(C(F)(F)F)cc1. The van der Waals surface area contributed by atoms with Crippen molar-refractivity contribution >= 4 is 20.9 Å². The Morgan fingerprint density at radius 1 is 0.973 bits per heavy atom. The minimum Gasteiger partial charge on any atom is -0.332 e. The van der Waals surface area contributed by atoms with E-state index in [1.54, 1.807) is 45.8 Å². The second kappa shape index (κ2) is 9.16. The molecule has 2 aromatic heterocycles. The molecule has 0 saturated carbocycles. The molecule has 3 aromatic carbocycles. The maximum absolute atomic E-state index is 14.1. The van der Waals surface area contributed by atoms with Crippen LogP contribution >= 0.6 is 0 Å². The van der Waals surface area contributed by atoms with E-state index >= 15 is 0 Å². The van der Waals surface area contributed by atoms with Gasteiger partial charge in [0.1, 0.15) is 5.82 Å². The Morgan fingerprint density at radius 2 is 1.70 bits per heavy atom. The van der Waals surface area contributed by atoms with Crippen molar-refractivity contribution in [2.24, 2.45) is 0 Å². The molecule has 190 valence electrons. The van der Waals surface area contributed by atoms with Gasteiger partial charge in [0.05, 0.1) is 34.5 Å². The molecule has 0 fully saturated rings. The number of aromatic nitrogens is 3. The summed E-state index contributed by atoms with van der Waals surface area (Å²) in [7, 11) is -2.45. The molecule has 11 heteroatoms. The van der Waals surface area contributed by atoms with Crippen LogP contribution in [0.25, 0.3) is 27.8 Å². The molecular weight excluding hydrogens is 508 g/mol. The molecule has 0 spiro atoms. The molecular formula is C26H20F4N4O2S. The molecule has 0 aliphatic carbocycles. The smallest absolute Gasteiger partial charge is 0.332 e. The number of benzene rings is 3. The lowest BCUT2D eigenvalue weighted by Crippen LogP contribution is -2.18. The van der Waals surface area contributed by atoms with Crippen molar-refractivity contribution in [1.82, 2.24) is 18.8 Å². The molecule has 5 rings (SSSR count). The average molecular weight is 529 g/mol. The van der Waals surface area contributed by atoms with Crippen molar-refractivity contribution < 1.29 is 26.0 Å². The van der Waals surface area contributed by atoms with Gasteiger partial charge in [-0.15, -0.1) is 0 Å². The van der Waals surface area contributed by atoms with Gasteiger partial charge in [-0.2, -0.15) is 13.2 Å².